The highest BCUT2D eigenvalue weighted by Crippen LogP contribution is 2.40. The third-order valence-corrected chi connectivity index (χ3v) is 8.62. The minimum absolute atomic E-state index is 0.593. The second-order valence-corrected chi connectivity index (χ2v) is 10.4. The van der Waals surface area contributed by atoms with E-state index in [2.05, 4.69) is 13.8 Å². The SMILES string of the molecule is CCCCCC1CCC(C2CCC(CCC3CCC(CC)CC3)OC2)CC1. The van der Waals surface area contributed by atoms with Gasteiger partial charge in [-0.05, 0) is 68.1 Å². The summed E-state index contributed by atoms with van der Waals surface area (Å²) in [5.41, 5.74) is 0. The van der Waals surface area contributed by atoms with Crippen LogP contribution in [0, 0.1) is 29.6 Å². The molecule has 1 aliphatic heterocycles. The van der Waals surface area contributed by atoms with Crippen LogP contribution in [0.4, 0.5) is 0 Å². The van der Waals surface area contributed by atoms with E-state index in [0.717, 1.165) is 36.2 Å². The van der Waals surface area contributed by atoms with E-state index in [0.29, 0.717) is 6.10 Å². The molecule has 1 nitrogen and oxygen atoms in total. The Morgan fingerprint density at radius 2 is 1.22 bits per heavy atom. The van der Waals surface area contributed by atoms with Gasteiger partial charge in [0, 0.05) is 0 Å². The highest BCUT2D eigenvalue weighted by molar-refractivity contribution is 4.82. The van der Waals surface area contributed by atoms with Crippen LogP contribution < -0.4 is 0 Å². The van der Waals surface area contributed by atoms with Gasteiger partial charge in [0.2, 0.25) is 0 Å². The van der Waals surface area contributed by atoms with Crippen LogP contribution in [0.5, 0.6) is 0 Å². The van der Waals surface area contributed by atoms with Gasteiger partial charge in [-0.2, -0.15) is 0 Å². The molecule has 3 fully saturated rings. The van der Waals surface area contributed by atoms with Gasteiger partial charge < -0.3 is 4.74 Å². The zero-order chi connectivity index (χ0) is 18.9. The summed E-state index contributed by atoms with van der Waals surface area (Å²) in [7, 11) is 0. The summed E-state index contributed by atoms with van der Waals surface area (Å²) >= 11 is 0. The molecule has 0 amide bonds. The first-order chi connectivity index (χ1) is 13.3. The molecule has 1 heterocycles. The number of hydrogen-bond acceptors (Lipinski definition) is 1. The predicted molar refractivity (Wildman–Crippen MR) is 117 cm³/mol. The molecule has 2 aliphatic carbocycles. The van der Waals surface area contributed by atoms with E-state index in [1.54, 1.807) is 0 Å². The second kappa shape index (κ2) is 11.8. The molecule has 0 aromatic carbocycles. The van der Waals surface area contributed by atoms with Crippen LogP contribution in [0.2, 0.25) is 0 Å². The number of rotatable bonds is 9. The molecule has 0 aromatic heterocycles. The van der Waals surface area contributed by atoms with Crippen LogP contribution in [0.15, 0.2) is 0 Å². The summed E-state index contributed by atoms with van der Waals surface area (Å²) in [6.45, 7) is 5.78. The fraction of sp³-hybridized carbons (Fsp3) is 1.00. The maximum absolute atomic E-state index is 6.38. The minimum atomic E-state index is 0.593. The summed E-state index contributed by atoms with van der Waals surface area (Å²) in [5, 5.41) is 0. The molecule has 0 spiro atoms. The lowest BCUT2D eigenvalue weighted by Crippen LogP contribution is -2.32. The fourth-order valence-electron chi connectivity index (χ4n) is 6.41. The van der Waals surface area contributed by atoms with Crippen molar-refractivity contribution in [3.05, 3.63) is 0 Å². The third-order valence-electron chi connectivity index (χ3n) is 8.62. The first kappa shape index (κ1) is 21.7. The van der Waals surface area contributed by atoms with E-state index >= 15 is 0 Å². The van der Waals surface area contributed by atoms with E-state index in [1.165, 1.54) is 109 Å². The fourth-order valence-corrected chi connectivity index (χ4v) is 6.41. The molecule has 0 aromatic rings. The normalized spacial score (nSPS) is 38.0. The van der Waals surface area contributed by atoms with Gasteiger partial charge in [0.25, 0.3) is 0 Å². The molecule has 1 heteroatoms. The molecule has 2 saturated carbocycles. The van der Waals surface area contributed by atoms with Crippen LogP contribution in [0.3, 0.4) is 0 Å². The van der Waals surface area contributed by atoms with Crippen LogP contribution in [0.25, 0.3) is 0 Å². The van der Waals surface area contributed by atoms with E-state index in [4.69, 9.17) is 4.74 Å². The van der Waals surface area contributed by atoms with Crippen molar-refractivity contribution in [3.8, 4) is 0 Å². The summed E-state index contributed by atoms with van der Waals surface area (Å²) < 4.78 is 6.38. The molecule has 0 N–H and O–H groups in total. The maximum atomic E-state index is 6.38. The van der Waals surface area contributed by atoms with Gasteiger partial charge in [-0.25, -0.2) is 0 Å². The first-order valence-electron chi connectivity index (χ1n) is 12.9. The molecule has 0 bridgehead atoms. The van der Waals surface area contributed by atoms with E-state index in [1.807, 2.05) is 0 Å². The van der Waals surface area contributed by atoms with E-state index in [9.17, 15) is 0 Å². The molecule has 2 unspecified atom stereocenters. The highest BCUT2D eigenvalue weighted by atomic mass is 16.5. The predicted octanol–water partition coefficient (Wildman–Crippen LogP) is 8.16. The van der Waals surface area contributed by atoms with Gasteiger partial charge in [-0.1, -0.05) is 84.5 Å². The summed E-state index contributed by atoms with van der Waals surface area (Å²) in [6, 6.07) is 0. The van der Waals surface area contributed by atoms with Crippen molar-refractivity contribution < 1.29 is 4.74 Å². The van der Waals surface area contributed by atoms with Crippen molar-refractivity contribution in [3.63, 3.8) is 0 Å². The quantitative estimate of drug-likeness (QED) is 0.369. The molecule has 2 atom stereocenters. The Morgan fingerprint density at radius 1 is 0.593 bits per heavy atom. The van der Waals surface area contributed by atoms with Gasteiger partial charge in [0.05, 0.1) is 12.7 Å². The maximum Gasteiger partial charge on any atom is 0.0575 e. The average Bonchev–Trinajstić information content (AvgIpc) is 2.74. The molecule has 1 saturated heterocycles. The topological polar surface area (TPSA) is 9.23 Å². The van der Waals surface area contributed by atoms with Gasteiger partial charge in [-0.3, -0.25) is 0 Å². The molecular formula is C26H48O. The van der Waals surface area contributed by atoms with Crippen molar-refractivity contribution in [1.82, 2.24) is 0 Å². The largest absolute Gasteiger partial charge is 0.378 e. The van der Waals surface area contributed by atoms with Gasteiger partial charge in [0.1, 0.15) is 0 Å². The van der Waals surface area contributed by atoms with Crippen LogP contribution in [-0.2, 0) is 4.74 Å². The Hall–Kier alpha value is -0.0400. The Kier molecular flexibility index (Phi) is 9.50. The van der Waals surface area contributed by atoms with Gasteiger partial charge >= 0.3 is 0 Å². The standard InChI is InChI=1S/C26H48O/c1-3-5-6-7-22-12-15-24(16-13-22)25-17-19-26(27-20-25)18-14-23-10-8-21(4-2)9-11-23/h21-26H,3-20H2,1-2H3. The van der Waals surface area contributed by atoms with E-state index < -0.39 is 0 Å². The number of ether oxygens (including phenoxy) is 1. The summed E-state index contributed by atoms with van der Waals surface area (Å²) in [6.07, 6.45) is 25.4. The molecular weight excluding hydrogens is 328 g/mol. The molecule has 0 radical (unpaired) electrons. The Morgan fingerprint density at radius 3 is 1.85 bits per heavy atom. The summed E-state index contributed by atoms with van der Waals surface area (Å²) in [4.78, 5) is 0. The summed E-state index contributed by atoms with van der Waals surface area (Å²) in [5.74, 6) is 4.97. The van der Waals surface area contributed by atoms with Crippen molar-refractivity contribution in [2.75, 3.05) is 6.61 Å². The Bertz CT molecular complexity index is 368. The van der Waals surface area contributed by atoms with Crippen molar-refractivity contribution in [1.29, 1.82) is 0 Å². The van der Waals surface area contributed by atoms with Crippen molar-refractivity contribution >= 4 is 0 Å². The number of hydrogen-bond donors (Lipinski definition) is 0. The van der Waals surface area contributed by atoms with E-state index in [-0.39, 0.29) is 0 Å². The average molecular weight is 377 g/mol. The van der Waals surface area contributed by atoms with Crippen molar-refractivity contribution in [2.24, 2.45) is 29.6 Å². The van der Waals surface area contributed by atoms with Crippen LogP contribution in [-0.4, -0.2) is 12.7 Å². The highest BCUT2D eigenvalue weighted by Gasteiger charge is 2.31. The van der Waals surface area contributed by atoms with Crippen molar-refractivity contribution in [2.45, 2.75) is 129 Å². The molecule has 27 heavy (non-hydrogen) atoms. The minimum Gasteiger partial charge on any atom is -0.378 e. The van der Waals surface area contributed by atoms with Gasteiger partial charge in [-0.15, -0.1) is 0 Å². The third kappa shape index (κ3) is 7.06. The smallest absolute Gasteiger partial charge is 0.0575 e. The Balaban J connectivity index is 1.26. The van der Waals surface area contributed by atoms with Crippen LogP contribution in [0.1, 0.15) is 123 Å². The molecule has 3 aliphatic rings. The zero-order valence-corrected chi connectivity index (χ0v) is 18.6. The Labute approximate surface area is 170 Å². The lowest BCUT2D eigenvalue weighted by atomic mass is 9.72. The molecule has 3 rings (SSSR count). The lowest BCUT2D eigenvalue weighted by Gasteiger charge is -2.38. The molecule has 158 valence electrons. The monoisotopic (exact) mass is 376 g/mol. The second-order valence-electron chi connectivity index (χ2n) is 10.4. The van der Waals surface area contributed by atoms with Gasteiger partial charge in [0.15, 0.2) is 0 Å². The number of unbranched alkanes of at least 4 members (excludes halogenated alkanes) is 2. The lowest BCUT2D eigenvalue weighted by molar-refractivity contribution is -0.0449. The van der Waals surface area contributed by atoms with Crippen LogP contribution >= 0.6 is 0 Å². The first-order valence-corrected chi connectivity index (χ1v) is 12.9. The zero-order valence-electron chi connectivity index (χ0n) is 18.6.